The van der Waals surface area contributed by atoms with E-state index in [1.54, 1.807) is 12.1 Å². The Morgan fingerprint density at radius 3 is 1.05 bits per heavy atom. The van der Waals surface area contributed by atoms with E-state index in [0.29, 0.717) is 0 Å². The van der Waals surface area contributed by atoms with E-state index >= 15 is 0 Å². The lowest BCUT2D eigenvalue weighted by molar-refractivity contribution is 0.450. The van der Waals surface area contributed by atoms with Crippen LogP contribution in [0.2, 0.25) is 0 Å². The summed E-state index contributed by atoms with van der Waals surface area (Å²) in [7, 11) is 0. The number of hydrogen-bond acceptors (Lipinski definition) is 3. The molecular weight excluding hydrogens is 540 g/mol. The number of phenolic OH excluding ortho intramolecular Hbond substituents is 3. The van der Waals surface area contributed by atoms with E-state index in [1.165, 1.54) is 0 Å². The van der Waals surface area contributed by atoms with Crippen LogP contribution in [0.5, 0.6) is 17.2 Å². The Bertz CT molecular complexity index is 1600. The van der Waals surface area contributed by atoms with Crippen molar-refractivity contribution < 1.29 is 15.3 Å². The van der Waals surface area contributed by atoms with E-state index in [9.17, 15) is 15.3 Å². The van der Waals surface area contributed by atoms with Gasteiger partial charge in [-0.2, -0.15) is 0 Å². The average Bonchev–Trinajstić information content (AvgIpc) is 3.01. The van der Waals surface area contributed by atoms with Crippen molar-refractivity contribution in [2.24, 2.45) is 0 Å². The van der Waals surface area contributed by atoms with Gasteiger partial charge in [-0.1, -0.05) is 139 Å². The summed E-state index contributed by atoms with van der Waals surface area (Å²) >= 11 is 0. The van der Waals surface area contributed by atoms with Crippen molar-refractivity contribution in [3.8, 4) is 17.2 Å². The van der Waals surface area contributed by atoms with Crippen molar-refractivity contribution in [1.82, 2.24) is 0 Å². The fraction of sp³-hybridized carbons (Fsp3) is 0.268. The van der Waals surface area contributed by atoms with E-state index < -0.39 is 11.8 Å². The Kier molecular flexibility index (Phi) is 9.15. The van der Waals surface area contributed by atoms with E-state index in [4.69, 9.17) is 0 Å². The summed E-state index contributed by atoms with van der Waals surface area (Å²) in [4.78, 5) is 0. The molecule has 5 rings (SSSR count). The van der Waals surface area contributed by atoms with Crippen molar-refractivity contribution in [1.29, 1.82) is 0 Å². The van der Waals surface area contributed by atoms with Crippen LogP contribution >= 0.6 is 0 Å². The molecule has 0 saturated carbocycles. The molecule has 0 bridgehead atoms. The quantitative estimate of drug-likeness (QED) is 0.151. The minimum atomic E-state index is -0.417. The summed E-state index contributed by atoms with van der Waals surface area (Å²) in [6.45, 7) is 12.9. The maximum absolute atomic E-state index is 12.5. The Labute approximate surface area is 262 Å². The van der Waals surface area contributed by atoms with Crippen molar-refractivity contribution in [2.45, 2.75) is 71.1 Å². The first-order valence-electron chi connectivity index (χ1n) is 15.7. The second-order valence-electron chi connectivity index (χ2n) is 12.8. The van der Waals surface area contributed by atoms with Gasteiger partial charge in [-0.15, -0.1) is 0 Å². The van der Waals surface area contributed by atoms with Gasteiger partial charge in [0.1, 0.15) is 17.2 Å². The zero-order chi connectivity index (χ0) is 31.5. The lowest BCUT2D eigenvalue weighted by atomic mass is 9.76. The Morgan fingerprint density at radius 2 is 0.705 bits per heavy atom. The van der Waals surface area contributed by atoms with Crippen LogP contribution in [0.4, 0.5) is 0 Å². The van der Waals surface area contributed by atoms with Gasteiger partial charge in [0, 0.05) is 34.1 Å². The molecular formula is C41H44O3. The molecule has 0 spiro atoms. The molecule has 0 amide bonds. The molecule has 5 aromatic carbocycles. The average molecular weight is 585 g/mol. The van der Waals surface area contributed by atoms with Crippen LogP contribution < -0.4 is 0 Å². The fourth-order valence-electron chi connectivity index (χ4n) is 6.15. The van der Waals surface area contributed by atoms with E-state index in [0.717, 1.165) is 50.1 Å². The molecule has 0 saturated heterocycles. The maximum Gasteiger partial charge on any atom is 0.123 e. The molecule has 2 unspecified atom stereocenters. The first kappa shape index (κ1) is 30.9. The van der Waals surface area contributed by atoms with Crippen molar-refractivity contribution in [3.63, 3.8) is 0 Å². The lowest BCUT2D eigenvalue weighted by Gasteiger charge is -2.28. The van der Waals surface area contributed by atoms with Gasteiger partial charge in [0.05, 0.1) is 0 Å². The summed E-state index contributed by atoms with van der Waals surface area (Å²) in [5.41, 5.74) is 8.25. The molecule has 0 fully saturated rings. The van der Waals surface area contributed by atoms with Gasteiger partial charge in [-0.05, 0) is 57.7 Å². The van der Waals surface area contributed by atoms with Gasteiger partial charge in [-0.25, -0.2) is 0 Å². The van der Waals surface area contributed by atoms with E-state index in [2.05, 4.69) is 90.1 Å². The Morgan fingerprint density at radius 1 is 0.364 bits per heavy atom. The zero-order valence-corrected chi connectivity index (χ0v) is 26.6. The summed E-state index contributed by atoms with van der Waals surface area (Å²) in [6, 6.07) is 36.0. The lowest BCUT2D eigenvalue weighted by Crippen LogP contribution is -2.11. The Balaban J connectivity index is 1.86. The van der Waals surface area contributed by atoms with Gasteiger partial charge in [-0.3, -0.25) is 0 Å². The highest BCUT2D eigenvalue weighted by molar-refractivity contribution is 5.61. The van der Waals surface area contributed by atoms with Crippen LogP contribution in [0, 0.1) is 0 Å². The third kappa shape index (κ3) is 6.24. The largest absolute Gasteiger partial charge is 0.508 e. The monoisotopic (exact) mass is 584 g/mol. The summed E-state index contributed by atoms with van der Waals surface area (Å²) < 4.78 is 0. The topological polar surface area (TPSA) is 60.7 Å². The third-order valence-corrected chi connectivity index (χ3v) is 8.80. The molecule has 0 aliphatic rings. The molecule has 2 atom stereocenters. The molecule has 3 heteroatoms. The molecule has 0 radical (unpaired) electrons. The highest BCUT2D eigenvalue weighted by atomic mass is 16.3. The minimum Gasteiger partial charge on any atom is -0.508 e. The van der Waals surface area contributed by atoms with Crippen LogP contribution in [-0.4, -0.2) is 15.3 Å². The molecule has 0 aromatic heterocycles. The molecule has 0 aliphatic heterocycles. The van der Waals surface area contributed by atoms with Gasteiger partial charge in [0.25, 0.3) is 0 Å². The summed E-state index contributed by atoms with van der Waals surface area (Å²) in [6.07, 6.45) is 0. The molecule has 5 aromatic rings. The van der Waals surface area contributed by atoms with E-state index in [-0.39, 0.29) is 35.0 Å². The smallest absolute Gasteiger partial charge is 0.123 e. The first-order chi connectivity index (χ1) is 21.1. The summed E-state index contributed by atoms with van der Waals surface area (Å²) in [5.74, 6) is 0.444. The molecule has 0 aliphatic carbocycles. The third-order valence-electron chi connectivity index (χ3n) is 8.80. The highest BCUT2D eigenvalue weighted by Gasteiger charge is 2.30. The molecule has 44 heavy (non-hydrogen) atoms. The molecule has 3 N–H and O–H groups in total. The second kappa shape index (κ2) is 13.0. The van der Waals surface area contributed by atoms with Gasteiger partial charge < -0.3 is 15.3 Å². The molecule has 0 heterocycles. The fourth-order valence-corrected chi connectivity index (χ4v) is 6.15. The predicted molar refractivity (Wildman–Crippen MR) is 181 cm³/mol. The summed E-state index contributed by atoms with van der Waals surface area (Å²) in [5, 5.41) is 35.1. The number of phenols is 3. The van der Waals surface area contributed by atoms with Crippen molar-refractivity contribution in [2.75, 3.05) is 0 Å². The zero-order valence-electron chi connectivity index (χ0n) is 26.6. The highest BCUT2D eigenvalue weighted by Crippen LogP contribution is 2.48. The van der Waals surface area contributed by atoms with Crippen LogP contribution in [0.3, 0.4) is 0 Å². The number of aromatic hydroxyl groups is 3. The predicted octanol–water partition coefficient (Wildman–Crippen LogP) is 10.5. The normalized spacial score (nSPS) is 13.0. The standard InChI is InChI=1S/C41H44O3/c1-25(2)30-17-19-37(42)33(21-30)39(28-13-9-7-10-14-28)35-23-32(27(5)6)24-36(41(35)44)40(29-15-11-8-12-16-29)34-22-31(26(3)4)18-20-38(34)43/h7-27,39-40,42-44H,1-6H3. The number of rotatable bonds is 9. The van der Waals surface area contributed by atoms with Crippen molar-refractivity contribution >= 4 is 0 Å². The van der Waals surface area contributed by atoms with Gasteiger partial charge in [0.15, 0.2) is 0 Å². The Hall–Kier alpha value is -4.50. The van der Waals surface area contributed by atoms with Gasteiger partial charge >= 0.3 is 0 Å². The minimum absolute atomic E-state index is 0.167. The van der Waals surface area contributed by atoms with Crippen LogP contribution in [0.25, 0.3) is 0 Å². The van der Waals surface area contributed by atoms with Crippen LogP contribution in [-0.2, 0) is 0 Å². The van der Waals surface area contributed by atoms with E-state index in [1.807, 2.05) is 48.5 Å². The number of benzene rings is 5. The molecule has 226 valence electrons. The second-order valence-corrected chi connectivity index (χ2v) is 12.8. The molecule has 3 nitrogen and oxygen atoms in total. The van der Waals surface area contributed by atoms with Crippen LogP contribution in [0.15, 0.2) is 109 Å². The van der Waals surface area contributed by atoms with Crippen molar-refractivity contribution in [3.05, 3.63) is 159 Å². The first-order valence-corrected chi connectivity index (χ1v) is 15.7. The van der Waals surface area contributed by atoms with Gasteiger partial charge in [0.2, 0.25) is 0 Å². The maximum atomic E-state index is 12.5. The van der Waals surface area contributed by atoms with Crippen LogP contribution in [0.1, 0.15) is 121 Å². The SMILES string of the molecule is CC(C)c1ccc(O)c(C(c2ccccc2)c2cc(C(C)C)cc(C(c3ccccc3)c3cc(C(C)C)ccc3O)c2O)c1. The number of hydrogen-bond donors (Lipinski definition) is 3.